The molecular weight excluding hydrogens is 200 g/mol. The Morgan fingerprint density at radius 3 is 2.43 bits per heavy atom. The van der Waals surface area contributed by atoms with Crippen molar-refractivity contribution >= 4 is 17.5 Å². The molecule has 0 saturated heterocycles. The SMILES string of the molecule is CCC(C)(CCN(C)C)NC(=O)CCl. The van der Waals surface area contributed by atoms with Gasteiger partial charge >= 0.3 is 0 Å². The van der Waals surface area contributed by atoms with Gasteiger partial charge in [0.25, 0.3) is 0 Å². The van der Waals surface area contributed by atoms with Crippen LogP contribution in [0.1, 0.15) is 26.7 Å². The molecule has 0 bridgehead atoms. The molecule has 1 unspecified atom stereocenters. The summed E-state index contributed by atoms with van der Waals surface area (Å²) in [6.07, 6.45) is 1.86. The molecule has 0 saturated carbocycles. The molecule has 0 radical (unpaired) electrons. The molecule has 0 heterocycles. The fourth-order valence-electron chi connectivity index (χ4n) is 1.17. The monoisotopic (exact) mass is 220 g/mol. The molecule has 0 aromatic heterocycles. The van der Waals surface area contributed by atoms with Crippen LogP contribution in [-0.4, -0.2) is 42.9 Å². The summed E-state index contributed by atoms with van der Waals surface area (Å²) in [4.78, 5) is 13.3. The highest BCUT2D eigenvalue weighted by atomic mass is 35.5. The van der Waals surface area contributed by atoms with Crippen LogP contribution < -0.4 is 5.32 Å². The van der Waals surface area contributed by atoms with Crippen LogP contribution in [0.15, 0.2) is 0 Å². The van der Waals surface area contributed by atoms with Crippen molar-refractivity contribution in [1.82, 2.24) is 10.2 Å². The summed E-state index contributed by atoms with van der Waals surface area (Å²) in [5, 5.41) is 2.95. The molecule has 14 heavy (non-hydrogen) atoms. The van der Waals surface area contributed by atoms with Crippen LogP contribution in [0.4, 0.5) is 0 Å². The van der Waals surface area contributed by atoms with E-state index in [-0.39, 0.29) is 17.3 Å². The number of halogens is 1. The first-order chi connectivity index (χ1) is 6.43. The number of alkyl halides is 1. The average molecular weight is 221 g/mol. The van der Waals surface area contributed by atoms with Crippen LogP contribution in [-0.2, 0) is 4.79 Å². The van der Waals surface area contributed by atoms with Gasteiger partial charge in [0.1, 0.15) is 5.88 Å². The van der Waals surface area contributed by atoms with Gasteiger partial charge < -0.3 is 10.2 Å². The third-order valence-electron chi connectivity index (χ3n) is 2.45. The van der Waals surface area contributed by atoms with Crippen molar-refractivity contribution in [2.24, 2.45) is 0 Å². The van der Waals surface area contributed by atoms with E-state index < -0.39 is 0 Å². The van der Waals surface area contributed by atoms with E-state index in [1.165, 1.54) is 0 Å². The Hall–Kier alpha value is -0.280. The number of amides is 1. The summed E-state index contributed by atoms with van der Waals surface area (Å²) in [6.45, 7) is 5.10. The van der Waals surface area contributed by atoms with Crippen LogP contribution in [0, 0.1) is 0 Å². The number of hydrogen-bond acceptors (Lipinski definition) is 2. The highest BCUT2D eigenvalue weighted by Crippen LogP contribution is 2.14. The number of nitrogens with zero attached hydrogens (tertiary/aromatic N) is 1. The van der Waals surface area contributed by atoms with E-state index in [9.17, 15) is 4.79 Å². The van der Waals surface area contributed by atoms with Crippen molar-refractivity contribution in [1.29, 1.82) is 0 Å². The van der Waals surface area contributed by atoms with Crippen LogP contribution in [0.25, 0.3) is 0 Å². The largest absolute Gasteiger partial charge is 0.350 e. The summed E-state index contributed by atoms with van der Waals surface area (Å²) in [5.74, 6) is -0.0489. The summed E-state index contributed by atoms with van der Waals surface area (Å²) in [6, 6.07) is 0. The van der Waals surface area contributed by atoms with Gasteiger partial charge in [-0.3, -0.25) is 4.79 Å². The van der Waals surface area contributed by atoms with E-state index in [2.05, 4.69) is 24.1 Å². The second-order valence-electron chi connectivity index (χ2n) is 4.15. The second kappa shape index (κ2) is 6.25. The summed E-state index contributed by atoms with van der Waals surface area (Å²) >= 11 is 5.46. The molecule has 4 heteroatoms. The maximum atomic E-state index is 11.2. The van der Waals surface area contributed by atoms with E-state index in [1.807, 2.05) is 14.1 Å². The van der Waals surface area contributed by atoms with Gasteiger partial charge in [-0.05, 0) is 40.4 Å². The molecule has 0 aliphatic carbocycles. The lowest BCUT2D eigenvalue weighted by atomic mass is 9.94. The highest BCUT2D eigenvalue weighted by Gasteiger charge is 2.23. The molecule has 1 atom stereocenters. The quantitative estimate of drug-likeness (QED) is 0.688. The first-order valence-electron chi connectivity index (χ1n) is 4.95. The number of carbonyl (C=O) groups excluding carboxylic acids is 1. The molecule has 0 rings (SSSR count). The van der Waals surface area contributed by atoms with Crippen molar-refractivity contribution in [2.75, 3.05) is 26.5 Å². The Balaban J connectivity index is 4.10. The average Bonchev–Trinajstić information content (AvgIpc) is 2.14. The zero-order valence-corrected chi connectivity index (χ0v) is 10.3. The molecule has 1 N–H and O–H groups in total. The van der Waals surface area contributed by atoms with E-state index in [1.54, 1.807) is 0 Å². The molecular formula is C10H21ClN2O. The van der Waals surface area contributed by atoms with Gasteiger partial charge in [0.15, 0.2) is 0 Å². The van der Waals surface area contributed by atoms with E-state index >= 15 is 0 Å². The Kier molecular flexibility index (Phi) is 6.12. The molecule has 1 amide bonds. The maximum absolute atomic E-state index is 11.2. The molecule has 0 aromatic rings. The molecule has 0 aliphatic rings. The van der Waals surface area contributed by atoms with E-state index in [0.717, 1.165) is 19.4 Å². The van der Waals surface area contributed by atoms with Gasteiger partial charge in [0.2, 0.25) is 5.91 Å². The minimum absolute atomic E-state index is 0.0392. The van der Waals surface area contributed by atoms with Gasteiger partial charge in [0.05, 0.1) is 0 Å². The smallest absolute Gasteiger partial charge is 0.235 e. The van der Waals surface area contributed by atoms with Gasteiger partial charge in [-0.2, -0.15) is 0 Å². The third kappa shape index (κ3) is 5.45. The number of hydrogen-bond donors (Lipinski definition) is 1. The third-order valence-corrected chi connectivity index (χ3v) is 2.70. The fourth-order valence-corrected chi connectivity index (χ4v) is 1.23. The predicted molar refractivity (Wildman–Crippen MR) is 60.7 cm³/mol. The molecule has 0 spiro atoms. The van der Waals surface area contributed by atoms with E-state index in [4.69, 9.17) is 11.6 Å². The minimum Gasteiger partial charge on any atom is -0.350 e. The Labute approximate surface area is 91.8 Å². The number of nitrogens with one attached hydrogen (secondary N) is 1. The van der Waals surface area contributed by atoms with E-state index in [0.29, 0.717) is 0 Å². The molecule has 84 valence electrons. The second-order valence-corrected chi connectivity index (χ2v) is 4.42. The molecule has 0 fully saturated rings. The lowest BCUT2D eigenvalue weighted by Gasteiger charge is -2.30. The van der Waals surface area contributed by atoms with Crippen LogP contribution in [0.5, 0.6) is 0 Å². The number of rotatable bonds is 6. The highest BCUT2D eigenvalue weighted by molar-refractivity contribution is 6.27. The van der Waals surface area contributed by atoms with Crippen molar-refractivity contribution < 1.29 is 4.79 Å². The van der Waals surface area contributed by atoms with Gasteiger partial charge in [-0.1, -0.05) is 6.92 Å². The molecule has 3 nitrogen and oxygen atoms in total. The van der Waals surface area contributed by atoms with Gasteiger partial charge in [0, 0.05) is 5.54 Å². The summed E-state index contributed by atoms with van der Waals surface area (Å²) in [5.41, 5.74) is -0.129. The van der Waals surface area contributed by atoms with Crippen LogP contribution in [0.2, 0.25) is 0 Å². The summed E-state index contributed by atoms with van der Waals surface area (Å²) in [7, 11) is 4.05. The van der Waals surface area contributed by atoms with Crippen LogP contribution >= 0.6 is 11.6 Å². The normalized spacial score (nSPS) is 15.3. The fraction of sp³-hybridized carbons (Fsp3) is 0.900. The Morgan fingerprint density at radius 2 is 2.07 bits per heavy atom. The van der Waals surface area contributed by atoms with Crippen molar-refractivity contribution in [3.63, 3.8) is 0 Å². The zero-order chi connectivity index (χ0) is 11.2. The maximum Gasteiger partial charge on any atom is 0.235 e. The Bertz CT molecular complexity index is 185. The predicted octanol–water partition coefficient (Wildman–Crippen LogP) is 1.46. The Morgan fingerprint density at radius 1 is 1.50 bits per heavy atom. The molecule has 0 aliphatic heterocycles. The number of carbonyl (C=O) groups is 1. The van der Waals surface area contributed by atoms with Gasteiger partial charge in [-0.15, -0.1) is 11.6 Å². The standard InChI is InChI=1S/C10H21ClN2O/c1-5-10(2,6-7-13(3)4)12-9(14)8-11/h5-8H2,1-4H3,(H,12,14). The summed E-state index contributed by atoms with van der Waals surface area (Å²) < 4.78 is 0. The first-order valence-corrected chi connectivity index (χ1v) is 5.48. The first kappa shape index (κ1) is 13.7. The van der Waals surface area contributed by atoms with Gasteiger partial charge in [-0.25, -0.2) is 0 Å². The minimum atomic E-state index is -0.129. The van der Waals surface area contributed by atoms with Crippen molar-refractivity contribution in [3.8, 4) is 0 Å². The topological polar surface area (TPSA) is 32.3 Å². The molecule has 0 aromatic carbocycles. The lowest BCUT2D eigenvalue weighted by Crippen LogP contribution is -2.47. The van der Waals surface area contributed by atoms with Crippen molar-refractivity contribution in [3.05, 3.63) is 0 Å². The van der Waals surface area contributed by atoms with Crippen molar-refractivity contribution in [2.45, 2.75) is 32.2 Å². The lowest BCUT2D eigenvalue weighted by molar-refractivity contribution is -0.120. The van der Waals surface area contributed by atoms with Crippen LogP contribution in [0.3, 0.4) is 0 Å². The zero-order valence-electron chi connectivity index (χ0n) is 9.56.